The van der Waals surface area contributed by atoms with Crippen molar-refractivity contribution in [3.63, 3.8) is 0 Å². The number of nitrogens with one attached hydrogen (secondary N) is 1. The molecule has 0 saturated carbocycles. The number of hydrogen-bond acceptors (Lipinski definition) is 6. The number of aromatic nitrogens is 2. The number of anilines is 1. The number of rotatable bonds is 4. The molecule has 1 aromatic heterocycles. The normalized spacial score (nSPS) is 9.63. The van der Waals surface area contributed by atoms with Crippen LogP contribution < -0.4 is 5.32 Å². The summed E-state index contributed by atoms with van der Waals surface area (Å²) in [4.78, 5) is 10.2. The maximum atomic E-state index is 10.8. The van der Waals surface area contributed by atoms with Gasteiger partial charge in [0.1, 0.15) is 11.6 Å². The average Bonchev–Trinajstić information content (AvgIpc) is 2.46. The fourth-order valence-electron chi connectivity index (χ4n) is 1.51. The van der Waals surface area contributed by atoms with Crippen LogP contribution in [0.4, 0.5) is 11.4 Å². The van der Waals surface area contributed by atoms with E-state index in [0.29, 0.717) is 12.2 Å². The number of nitrogens with zero attached hydrogens (tertiary/aromatic N) is 4. The van der Waals surface area contributed by atoms with Crippen molar-refractivity contribution >= 4 is 11.4 Å². The van der Waals surface area contributed by atoms with E-state index in [4.69, 9.17) is 5.26 Å². The van der Waals surface area contributed by atoms with Gasteiger partial charge in [-0.2, -0.15) is 15.5 Å². The second-order valence-electron chi connectivity index (χ2n) is 3.67. The summed E-state index contributed by atoms with van der Waals surface area (Å²) in [7, 11) is 0. The zero-order valence-electron chi connectivity index (χ0n) is 9.78. The summed E-state index contributed by atoms with van der Waals surface area (Å²) < 4.78 is 0. The zero-order chi connectivity index (χ0) is 13.7. The molecule has 0 unspecified atom stereocenters. The molecular formula is C12H9N5O2. The molecule has 0 atom stereocenters. The number of benzene rings is 1. The maximum absolute atomic E-state index is 10.8. The minimum atomic E-state index is -0.577. The quantitative estimate of drug-likeness (QED) is 0.660. The standard InChI is InChI=1S/C12H9N5O2/c13-7-9-3-4-10(6-12(9)17(18)19)14-8-11-2-1-5-15-16-11/h1-6,14H,8H2. The largest absolute Gasteiger partial charge is 0.379 e. The molecule has 2 aromatic rings. The average molecular weight is 255 g/mol. The summed E-state index contributed by atoms with van der Waals surface area (Å²) in [6.07, 6.45) is 1.57. The van der Waals surface area contributed by atoms with Gasteiger partial charge in [0, 0.05) is 18.0 Å². The minimum Gasteiger partial charge on any atom is -0.379 e. The van der Waals surface area contributed by atoms with Crippen LogP contribution in [0.3, 0.4) is 0 Å². The van der Waals surface area contributed by atoms with Gasteiger partial charge in [0.2, 0.25) is 0 Å². The first-order valence-corrected chi connectivity index (χ1v) is 5.39. The third kappa shape index (κ3) is 3.01. The zero-order valence-corrected chi connectivity index (χ0v) is 9.78. The molecule has 0 saturated heterocycles. The van der Waals surface area contributed by atoms with Gasteiger partial charge in [0.25, 0.3) is 5.69 Å². The van der Waals surface area contributed by atoms with E-state index >= 15 is 0 Å². The van der Waals surface area contributed by atoms with E-state index in [1.807, 2.05) is 0 Å². The van der Waals surface area contributed by atoms with Crippen molar-refractivity contribution in [2.24, 2.45) is 0 Å². The predicted octanol–water partition coefficient (Wildman–Crippen LogP) is 1.87. The SMILES string of the molecule is N#Cc1ccc(NCc2cccnn2)cc1[N+](=O)[O-]. The lowest BCUT2D eigenvalue weighted by atomic mass is 10.2. The monoisotopic (exact) mass is 255 g/mol. The molecule has 0 radical (unpaired) electrons. The Morgan fingerprint density at radius 2 is 2.26 bits per heavy atom. The summed E-state index contributed by atoms with van der Waals surface area (Å²) in [5.74, 6) is 0. The molecule has 94 valence electrons. The highest BCUT2D eigenvalue weighted by Crippen LogP contribution is 2.22. The summed E-state index contributed by atoms with van der Waals surface area (Å²) in [5.41, 5.74) is 1.09. The van der Waals surface area contributed by atoms with Gasteiger partial charge in [-0.05, 0) is 24.3 Å². The van der Waals surface area contributed by atoms with Crippen molar-refractivity contribution < 1.29 is 4.92 Å². The molecule has 0 aliphatic heterocycles. The number of hydrogen-bond donors (Lipinski definition) is 1. The second kappa shape index (κ2) is 5.55. The van der Waals surface area contributed by atoms with E-state index in [-0.39, 0.29) is 11.3 Å². The smallest absolute Gasteiger partial charge is 0.289 e. The molecule has 2 rings (SSSR count). The van der Waals surface area contributed by atoms with Crippen LogP contribution in [0.2, 0.25) is 0 Å². The van der Waals surface area contributed by atoms with E-state index in [1.165, 1.54) is 12.1 Å². The van der Waals surface area contributed by atoms with E-state index in [9.17, 15) is 10.1 Å². The molecule has 0 bridgehead atoms. The van der Waals surface area contributed by atoms with Crippen LogP contribution in [0, 0.1) is 21.4 Å². The van der Waals surface area contributed by atoms with Crippen molar-refractivity contribution in [3.05, 3.63) is 57.9 Å². The van der Waals surface area contributed by atoms with Crippen LogP contribution in [0.1, 0.15) is 11.3 Å². The fourth-order valence-corrected chi connectivity index (χ4v) is 1.51. The molecule has 1 aromatic carbocycles. The second-order valence-corrected chi connectivity index (χ2v) is 3.67. The summed E-state index contributed by atoms with van der Waals surface area (Å²) in [6.45, 7) is 0.400. The van der Waals surface area contributed by atoms with Gasteiger partial charge in [-0.1, -0.05) is 0 Å². The molecular weight excluding hydrogens is 246 g/mol. The van der Waals surface area contributed by atoms with Crippen LogP contribution in [-0.2, 0) is 6.54 Å². The van der Waals surface area contributed by atoms with E-state index in [0.717, 1.165) is 5.69 Å². The number of nitro groups is 1. The summed E-state index contributed by atoms with van der Waals surface area (Å²) in [6, 6.07) is 9.69. The van der Waals surface area contributed by atoms with Crippen LogP contribution in [0.15, 0.2) is 36.5 Å². The van der Waals surface area contributed by atoms with Crippen molar-refractivity contribution in [1.29, 1.82) is 5.26 Å². The van der Waals surface area contributed by atoms with Crippen molar-refractivity contribution in [2.45, 2.75) is 6.54 Å². The first-order chi connectivity index (χ1) is 9.20. The molecule has 0 aliphatic carbocycles. The van der Waals surface area contributed by atoms with Gasteiger partial charge in [-0.3, -0.25) is 10.1 Å². The molecule has 0 fully saturated rings. The molecule has 0 spiro atoms. The Hall–Kier alpha value is -3.01. The Morgan fingerprint density at radius 1 is 1.42 bits per heavy atom. The Bertz CT molecular complexity index is 636. The van der Waals surface area contributed by atoms with Crippen LogP contribution in [-0.4, -0.2) is 15.1 Å². The molecule has 0 amide bonds. The number of nitriles is 1. The molecule has 7 heteroatoms. The highest BCUT2D eigenvalue weighted by molar-refractivity contribution is 5.59. The highest BCUT2D eigenvalue weighted by Gasteiger charge is 2.13. The number of nitro benzene ring substituents is 1. The first kappa shape index (κ1) is 12.4. The Kier molecular flexibility index (Phi) is 3.64. The van der Waals surface area contributed by atoms with Crippen molar-refractivity contribution in [1.82, 2.24) is 10.2 Å². The molecule has 7 nitrogen and oxygen atoms in total. The molecule has 1 N–H and O–H groups in total. The molecule has 19 heavy (non-hydrogen) atoms. The van der Waals surface area contributed by atoms with Gasteiger partial charge in [-0.25, -0.2) is 0 Å². The Morgan fingerprint density at radius 3 is 2.89 bits per heavy atom. The van der Waals surface area contributed by atoms with Gasteiger partial charge in [-0.15, -0.1) is 0 Å². The minimum absolute atomic E-state index is 0.0371. The maximum Gasteiger partial charge on any atom is 0.289 e. The molecule has 0 aliphatic rings. The lowest BCUT2D eigenvalue weighted by molar-refractivity contribution is -0.385. The van der Waals surface area contributed by atoms with Crippen LogP contribution >= 0.6 is 0 Å². The van der Waals surface area contributed by atoms with Gasteiger partial charge in [0.05, 0.1) is 17.2 Å². The van der Waals surface area contributed by atoms with Gasteiger partial charge in [0.15, 0.2) is 0 Å². The van der Waals surface area contributed by atoms with E-state index in [2.05, 4.69) is 15.5 Å². The van der Waals surface area contributed by atoms with Gasteiger partial charge < -0.3 is 5.32 Å². The molecule has 1 heterocycles. The van der Waals surface area contributed by atoms with Gasteiger partial charge >= 0.3 is 0 Å². The van der Waals surface area contributed by atoms with Crippen molar-refractivity contribution in [3.8, 4) is 6.07 Å². The predicted molar refractivity (Wildman–Crippen MR) is 67.2 cm³/mol. The topological polar surface area (TPSA) is 105 Å². The lowest BCUT2D eigenvalue weighted by Gasteiger charge is -2.05. The summed E-state index contributed by atoms with van der Waals surface area (Å²) >= 11 is 0. The van der Waals surface area contributed by atoms with E-state index in [1.54, 1.807) is 30.5 Å². The third-order valence-corrected chi connectivity index (χ3v) is 2.42. The Balaban J connectivity index is 2.16. The lowest BCUT2D eigenvalue weighted by Crippen LogP contribution is -2.03. The van der Waals surface area contributed by atoms with E-state index < -0.39 is 4.92 Å². The first-order valence-electron chi connectivity index (χ1n) is 5.39. The van der Waals surface area contributed by atoms with Crippen molar-refractivity contribution in [2.75, 3.05) is 5.32 Å². The summed E-state index contributed by atoms with van der Waals surface area (Å²) in [5, 5.41) is 30.2. The van der Waals surface area contributed by atoms with Crippen LogP contribution in [0.25, 0.3) is 0 Å². The Labute approximate surface area is 108 Å². The fraction of sp³-hybridized carbons (Fsp3) is 0.0833. The third-order valence-electron chi connectivity index (χ3n) is 2.42. The van der Waals surface area contributed by atoms with Crippen LogP contribution in [0.5, 0.6) is 0 Å². The highest BCUT2D eigenvalue weighted by atomic mass is 16.6.